The number of thioether (sulfide) groups is 2. The third kappa shape index (κ3) is 13.7. The lowest BCUT2D eigenvalue weighted by Crippen LogP contribution is -2.19. The average molecular weight is 989 g/mol. The van der Waals surface area contributed by atoms with Crippen molar-refractivity contribution in [3.05, 3.63) is 183 Å². The molecule has 0 amide bonds. The molecule has 0 saturated carbocycles. The van der Waals surface area contributed by atoms with Gasteiger partial charge in [-0.25, -0.2) is 9.59 Å². The predicted octanol–water partition coefficient (Wildman–Crippen LogP) is 14.0. The Labute approximate surface area is 424 Å². The highest BCUT2D eigenvalue weighted by molar-refractivity contribution is 7.99. The fourth-order valence-corrected chi connectivity index (χ4v) is 14.2. The molecule has 0 spiro atoms. The van der Waals surface area contributed by atoms with Gasteiger partial charge in [-0.2, -0.15) is 0 Å². The molecule has 0 fully saturated rings. The summed E-state index contributed by atoms with van der Waals surface area (Å²) < 4.78 is 16.4. The van der Waals surface area contributed by atoms with Crippen LogP contribution in [0.5, 0.6) is 5.75 Å². The number of ether oxygens (including phenoxy) is 3. The third-order valence-corrected chi connectivity index (χ3v) is 17.6. The maximum absolute atomic E-state index is 13.0. The highest BCUT2D eigenvalue weighted by Gasteiger charge is 2.16. The van der Waals surface area contributed by atoms with Gasteiger partial charge in [0, 0.05) is 92.0 Å². The average Bonchev–Trinajstić information content (AvgIpc) is 3.35. The Bertz CT molecular complexity index is 3130. The lowest BCUT2D eigenvalue weighted by Gasteiger charge is -2.14. The van der Waals surface area contributed by atoms with Crippen LogP contribution in [0.2, 0.25) is 51.4 Å². The van der Waals surface area contributed by atoms with Gasteiger partial charge in [0.1, 0.15) is 5.75 Å². The number of rotatable bonds is 11. The minimum atomic E-state index is -1.08. The summed E-state index contributed by atoms with van der Waals surface area (Å²) in [4.78, 5) is 28.5. The first-order chi connectivity index (χ1) is 33.6. The summed E-state index contributed by atoms with van der Waals surface area (Å²) in [6.45, 7) is 14.4. The van der Waals surface area contributed by atoms with E-state index in [2.05, 4.69) is 117 Å². The van der Waals surface area contributed by atoms with Crippen molar-refractivity contribution in [2.75, 3.05) is 32.8 Å². The Morgan fingerprint density at radius 3 is 1.17 bits per heavy atom. The van der Waals surface area contributed by atoms with Gasteiger partial charge in [0.15, 0.2) is 0 Å². The third-order valence-electron chi connectivity index (χ3n) is 11.4. The van der Waals surface area contributed by atoms with Crippen molar-refractivity contribution < 1.29 is 23.8 Å². The minimum absolute atomic E-state index is 0.346. The SMILES string of the molecule is COC(=O)c1cc(C#Cc2cccc3c(OC)c4cccc(C#Cc5ccc(C#Cc6ccc(SCC[Si](C)(C)C)cc6)c(C(=O)OC)c5)c4cc23)ccc1C#Cc1ccc(SCC[Si](C)(C)C)cc1. The van der Waals surface area contributed by atoms with E-state index in [1.165, 1.54) is 36.1 Å². The van der Waals surface area contributed by atoms with Crippen molar-refractivity contribution >= 4 is 73.2 Å². The molecule has 0 aliphatic carbocycles. The van der Waals surface area contributed by atoms with E-state index in [1.807, 2.05) is 108 Å². The molecule has 0 unspecified atom stereocenters. The van der Waals surface area contributed by atoms with Gasteiger partial charge in [0.2, 0.25) is 0 Å². The molecule has 7 rings (SSSR count). The lowest BCUT2D eigenvalue weighted by atomic mass is 9.95. The maximum atomic E-state index is 13.0. The van der Waals surface area contributed by atoms with Crippen LogP contribution in [0.15, 0.2) is 137 Å². The zero-order chi connectivity index (χ0) is 49.8. The van der Waals surface area contributed by atoms with Gasteiger partial charge in [0.05, 0.1) is 32.5 Å². The molecule has 0 aromatic heterocycles. The van der Waals surface area contributed by atoms with Gasteiger partial charge < -0.3 is 14.2 Å². The highest BCUT2D eigenvalue weighted by atomic mass is 32.2. The van der Waals surface area contributed by atoms with Crippen LogP contribution in [0, 0.1) is 47.4 Å². The monoisotopic (exact) mass is 988 g/mol. The largest absolute Gasteiger partial charge is 0.495 e. The molecule has 7 aromatic carbocycles. The number of benzene rings is 7. The Hall–Kier alpha value is -6.83. The van der Waals surface area contributed by atoms with Crippen molar-refractivity contribution in [1.82, 2.24) is 0 Å². The summed E-state index contributed by atoms with van der Waals surface area (Å²) >= 11 is 3.76. The Kier molecular flexibility index (Phi) is 16.9. The van der Waals surface area contributed by atoms with Gasteiger partial charge in [-0.3, -0.25) is 0 Å². The van der Waals surface area contributed by atoms with Crippen LogP contribution >= 0.6 is 23.5 Å². The van der Waals surface area contributed by atoms with Crippen LogP contribution in [-0.2, 0) is 9.47 Å². The first-order valence-electron chi connectivity index (χ1n) is 23.1. The molecule has 0 radical (unpaired) electrons. The second-order valence-corrected chi connectivity index (χ2v) is 32.7. The Morgan fingerprint density at radius 2 is 0.800 bits per heavy atom. The van der Waals surface area contributed by atoms with E-state index in [-0.39, 0.29) is 0 Å². The highest BCUT2D eigenvalue weighted by Crippen LogP contribution is 2.37. The lowest BCUT2D eigenvalue weighted by molar-refractivity contribution is 0.0591. The Balaban J connectivity index is 1.16. The molecular formula is C61H56O5S2Si2. The quantitative estimate of drug-likeness (QED) is 0.0421. The topological polar surface area (TPSA) is 61.8 Å². The normalized spacial score (nSPS) is 10.9. The molecular weight excluding hydrogens is 933 g/mol. The summed E-state index contributed by atoms with van der Waals surface area (Å²) in [6.07, 6.45) is 0. The van der Waals surface area contributed by atoms with Crippen molar-refractivity contribution in [3.8, 4) is 53.1 Å². The van der Waals surface area contributed by atoms with Crippen LogP contribution in [0.1, 0.15) is 65.2 Å². The smallest absolute Gasteiger partial charge is 0.339 e. The van der Waals surface area contributed by atoms with Crippen molar-refractivity contribution in [3.63, 3.8) is 0 Å². The maximum Gasteiger partial charge on any atom is 0.339 e. The zero-order valence-corrected chi connectivity index (χ0v) is 44.9. The number of methoxy groups -OCH3 is 3. The summed E-state index contributed by atoms with van der Waals surface area (Å²) in [5.74, 6) is 28.1. The molecule has 70 heavy (non-hydrogen) atoms. The number of esters is 2. The molecule has 350 valence electrons. The summed E-state index contributed by atoms with van der Waals surface area (Å²) in [5, 5.41) is 3.57. The fraction of sp³-hybridized carbons (Fsp3) is 0.213. The fourth-order valence-electron chi connectivity index (χ4n) is 7.36. The van der Waals surface area contributed by atoms with Crippen molar-refractivity contribution in [2.24, 2.45) is 0 Å². The van der Waals surface area contributed by atoms with E-state index in [9.17, 15) is 9.59 Å². The van der Waals surface area contributed by atoms with Crippen LogP contribution < -0.4 is 4.74 Å². The number of hydrogen-bond acceptors (Lipinski definition) is 7. The Morgan fingerprint density at radius 1 is 0.429 bits per heavy atom. The van der Waals surface area contributed by atoms with E-state index in [0.29, 0.717) is 39.1 Å². The summed E-state index contributed by atoms with van der Waals surface area (Å²) in [7, 11) is 2.23. The van der Waals surface area contributed by atoms with E-state index in [4.69, 9.17) is 14.2 Å². The molecule has 5 nitrogen and oxygen atoms in total. The molecule has 0 saturated heterocycles. The van der Waals surface area contributed by atoms with Crippen LogP contribution in [0.25, 0.3) is 21.5 Å². The molecule has 0 heterocycles. The number of carbonyl (C=O) groups is 2. The van der Waals surface area contributed by atoms with E-state index in [1.54, 1.807) is 19.2 Å². The molecule has 0 atom stereocenters. The molecule has 0 bridgehead atoms. The van der Waals surface area contributed by atoms with Gasteiger partial charge in [0.25, 0.3) is 0 Å². The number of carbonyl (C=O) groups excluding carboxylic acids is 2. The van der Waals surface area contributed by atoms with Gasteiger partial charge in [-0.1, -0.05) is 111 Å². The number of fused-ring (bicyclic) bond motifs is 2. The summed E-state index contributed by atoms with van der Waals surface area (Å²) in [6, 6.07) is 43.9. The summed E-state index contributed by atoms with van der Waals surface area (Å²) in [5.41, 5.74) is 6.38. The van der Waals surface area contributed by atoms with E-state index in [0.717, 1.165) is 55.3 Å². The van der Waals surface area contributed by atoms with E-state index >= 15 is 0 Å². The van der Waals surface area contributed by atoms with Gasteiger partial charge in [-0.05, 0) is 127 Å². The minimum Gasteiger partial charge on any atom is -0.495 e. The van der Waals surface area contributed by atoms with Gasteiger partial charge in [-0.15, -0.1) is 23.5 Å². The molecule has 9 heteroatoms. The molecule has 0 N–H and O–H groups in total. The van der Waals surface area contributed by atoms with Crippen molar-refractivity contribution in [2.45, 2.75) is 61.2 Å². The number of hydrogen-bond donors (Lipinski definition) is 0. The van der Waals surface area contributed by atoms with E-state index < -0.39 is 28.1 Å². The second kappa shape index (κ2) is 23.2. The predicted molar refractivity (Wildman–Crippen MR) is 298 cm³/mol. The molecule has 0 aliphatic heterocycles. The molecule has 7 aromatic rings. The second-order valence-electron chi connectivity index (χ2n) is 19.1. The molecule has 0 aliphatic rings. The van der Waals surface area contributed by atoms with Crippen LogP contribution in [0.4, 0.5) is 0 Å². The van der Waals surface area contributed by atoms with Gasteiger partial charge >= 0.3 is 11.9 Å². The first-order valence-corrected chi connectivity index (χ1v) is 32.5. The van der Waals surface area contributed by atoms with Crippen LogP contribution in [0.3, 0.4) is 0 Å². The first kappa shape index (κ1) is 51.0. The van der Waals surface area contributed by atoms with Crippen LogP contribution in [-0.4, -0.2) is 60.9 Å². The standard InChI is InChI=1S/C61H56O5S2Si2/c1-64-59-53-14-10-12-47(28-18-45-20-30-49(57(40-45)60(62)65-2)26-16-43-22-32-51(33-23-43)67-36-38-69(4,5)6)55(53)42-56-48(13-11-15-54(56)59)29-19-46-21-31-50(58(41-46)61(63)66-3)27-17-44-24-34-52(35-25-44)68-37-39-70(7,8)9/h10-15,20-25,30-35,40-42H,36-39H2,1-9H3. The zero-order valence-electron chi connectivity index (χ0n) is 41.3. The van der Waals surface area contributed by atoms with Crippen molar-refractivity contribution in [1.29, 1.82) is 0 Å².